The van der Waals surface area contributed by atoms with Crippen LogP contribution in [-0.4, -0.2) is 60.2 Å². The van der Waals surface area contributed by atoms with Gasteiger partial charge in [0.1, 0.15) is 6.33 Å². The number of hydrogen-bond donors (Lipinski definition) is 1. The van der Waals surface area contributed by atoms with Crippen LogP contribution in [0.3, 0.4) is 0 Å². The van der Waals surface area contributed by atoms with Crippen LogP contribution in [0.15, 0.2) is 18.7 Å². The lowest BCUT2D eigenvalue weighted by molar-refractivity contribution is -0.0208. The third kappa shape index (κ3) is 2.85. The van der Waals surface area contributed by atoms with Crippen LogP contribution in [0.2, 0.25) is 0 Å². The van der Waals surface area contributed by atoms with Gasteiger partial charge in [-0.15, -0.1) is 0 Å². The van der Waals surface area contributed by atoms with Gasteiger partial charge in [-0.3, -0.25) is 9.69 Å². The van der Waals surface area contributed by atoms with Gasteiger partial charge in [0.05, 0.1) is 5.56 Å². The second kappa shape index (κ2) is 5.81. The average molecular weight is 236 g/mol. The van der Waals surface area contributed by atoms with E-state index in [1.807, 2.05) is 4.90 Å². The van der Waals surface area contributed by atoms with Crippen LogP contribution in [0, 0.1) is 0 Å². The molecule has 0 radical (unpaired) electrons. The number of aromatic nitrogens is 2. The Bertz CT molecular complexity index is 365. The molecule has 6 nitrogen and oxygen atoms in total. The van der Waals surface area contributed by atoms with Gasteiger partial charge < -0.3 is 10.1 Å². The van der Waals surface area contributed by atoms with Crippen LogP contribution in [-0.2, 0) is 4.74 Å². The summed E-state index contributed by atoms with van der Waals surface area (Å²) in [5.41, 5.74) is 0.484. The summed E-state index contributed by atoms with van der Waals surface area (Å²) < 4.78 is 5.30. The molecule has 1 atom stereocenters. The Balaban J connectivity index is 2.09. The van der Waals surface area contributed by atoms with Crippen molar-refractivity contribution < 1.29 is 9.53 Å². The summed E-state index contributed by atoms with van der Waals surface area (Å²) in [6.45, 7) is 3.35. The number of hydrogen-bond acceptors (Lipinski definition) is 6. The van der Waals surface area contributed by atoms with E-state index in [9.17, 15) is 4.79 Å². The fourth-order valence-corrected chi connectivity index (χ4v) is 1.91. The molecule has 1 aromatic rings. The molecule has 0 saturated carbocycles. The molecule has 0 amide bonds. The lowest BCUT2D eigenvalue weighted by atomic mass is 10.1. The quantitative estimate of drug-likeness (QED) is 0.713. The third-order valence-corrected chi connectivity index (χ3v) is 2.78. The van der Waals surface area contributed by atoms with E-state index in [-0.39, 0.29) is 5.78 Å². The highest BCUT2D eigenvalue weighted by atomic mass is 16.5. The largest absolute Gasteiger partial charge is 0.359 e. The van der Waals surface area contributed by atoms with Crippen molar-refractivity contribution in [1.29, 1.82) is 0 Å². The third-order valence-electron chi connectivity index (χ3n) is 2.78. The van der Waals surface area contributed by atoms with E-state index in [1.165, 1.54) is 18.7 Å². The van der Waals surface area contributed by atoms with Crippen molar-refractivity contribution in [1.82, 2.24) is 20.2 Å². The molecule has 92 valence electrons. The first-order valence-corrected chi connectivity index (χ1v) is 5.59. The van der Waals surface area contributed by atoms with Crippen LogP contribution in [0.1, 0.15) is 10.4 Å². The van der Waals surface area contributed by atoms with E-state index in [0.29, 0.717) is 5.56 Å². The van der Waals surface area contributed by atoms with Crippen LogP contribution < -0.4 is 5.32 Å². The number of rotatable bonds is 4. The van der Waals surface area contributed by atoms with Gasteiger partial charge in [0.15, 0.2) is 6.23 Å². The first-order valence-electron chi connectivity index (χ1n) is 5.59. The number of nitrogens with one attached hydrogen (secondary N) is 1. The lowest BCUT2D eigenvalue weighted by Crippen LogP contribution is -2.52. The molecule has 2 heterocycles. The summed E-state index contributed by atoms with van der Waals surface area (Å²) in [5.74, 6) is -0.0880. The maximum Gasteiger partial charge on any atom is 0.209 e. The predicted molar refractivity (Wildman–Crippen MR) is 61.6 cm³/mol. The molecule has 1 unspecified atom stereocenters. The summed E-state index contributed by atoms with van der Waals surface area (Å²) in [7, 11) is 1.55. The van der Waals surface area contributed by atoms with E-state index in [0.717, 1.165) is 26.2 Å². The van der Waals surface area contributed by atoms with E-state index in [1.54, 1.807) is 7.11 Å². The van der Waals surface area contributed by atoms with Gasteiger partial charge in [-0.1, -0.05) is 0 Å². The van der Waals surface area contributed by atoms with Crippen molar-refractivity contribution in [3.05, 3.63) is 24.3 Å². The molecule has 1 N–H and O–H groups in total. The number of methoxy groups -OCH3 is 1. The van der Waals surface area contributed by atoms with E-state index in [4.69, 9.17) is 4.74 Å². The molecular weight excluding hydrogens is 220 g/mol. The molecule has 17 heavy (non-hydrogen) atoms. The second-order valence-electron chi connectivity index (χ2n) is 3.87. The van der Waals surface area contributed by atoms with Crippen molar-refractivity contribution in [2.75, 3.05) is 33.3 Å². The van der Waals surface area contributed by atoms with Gasteiger partial charge >= 0.3 is 0 Å². The first-order chi connectivity index (χ1) is 8.33. The Hall–Kier alpha value is -1.37. The molecule has 1 fully saturated rings. The van der Waals surface area contributed by atoms with Gasteiger partial charge in [0.2, 0.25) is 5.78 Å². The first kappa shape index (κ1) is 12.1. The highest BCUT2D eigenvalue weighted by Crippen LogP contribution is 2.09. The van der Waals surface area contributed by atoms with Crippen molar-refractivity contribution >= 4 is 5.78 Å². The van der Waals surface area contributed by atoms with Gasteiger partial charge in [-0.2, -0.15) is 0 Å². The fourth-order valence-electron chi connectivity index (χ4n) is 1.91. The molecule has 1 aliphatic rings. The number of carbonyl (C=O) groups is 1. The van der Waals surface area contributed by atoms with Gasteiger partial charge in [0, 0.05) is 45.7 Å². The number of Topliss-reactive ketones (excluding diaryl/α,β-unsaturated/α-hetero) is 1. The normalized spacial score (nSPS) is 18.9. The van der Waals surface area contributed by atoms with Crippen molar-refractivity contribution in [3.63, 3.8) is 0 Å². The molecule has 0 aliphatic carbocycles. The summed E-state index contributed by atoms with van der Waals surface area (Å²) in [5, 5.41) is 3.24. The molecule has 1 saturated heterocycles. The molecule has 6 heteroatoms. The minimum absolute atomic E-state index is 0.0880. The Labute approximate surface area is 100 Å². The zero-order valence-electron chi connectivity index (χ0n) is 9.80. The molecule has 0 spiro atoms. The molecule has 1 aliphatic heterocycles. The number of carbonyl (C=O) groups excluding carboxylic acids is 1. The summed E-state index contributed by atoms with van der Waals surface area (Å²) >= 11 is 0. The maximum absolute atomic E-state index is 12.2. The Kier molecular flexibility index (Phi) is 4.13. The zero-order chi connectivity index (χ0) is 12.1. The Morgan fingerprint density at radius 2 is 2.06 bits per heavy atom. The van der Waals surface area contributed by atoms with Crippen molar-refractivity contribution in [2.24, 2.45) is 0 Å². The maximum atomic E-state index is 12.2. The van der Waals surface area contributed by atoms with E-state index in [2.05, 4.69) is 15.3 Å². The predicted octanol–water partition coefficient (Wildman–Crippen LogP) is -0.463. The number of nitrogens with zero attached hydrogens (tertiary/aromatic N) is 3. The summed E-state index contributed by atoms with van der Waals surface area (Å²) in [6.07, 6.45) is 3.90. The number of ether oxygens (including phenoxy) is 1. The van der Waals surface area contributed by atoms with E-state index >= 15 is 0 Å². The van der Waals surface area contributed by atoms with Crippen LogP contribution in [0.25, 0.3) is 0 Å². The van der Waals surface area contributed by atoms with Gasteiger partial charge in [0.25, 0.3) is 0 Å². The number of piperazine rings is 1. The number of ketones is 1. The highest BCUT2D eigenvalue weighted by molar-refractivity contribution is 5.98. The molecule has 0 bridgehead atoms. The average Bonchev–Trinajstić information content (AvgIpc) is 2.42. The topological polar surface area (TPSA) is 67.3 Å². The van der Waals surface area contributed by atoms with Gasteiger partial charge in [-0.05, 0) is 0 Å². The smallest absolute Gasteiger partial charge is 0.209 e. The highest BCUT2D eigenvalue weighted by Gasteiger charge is 2.27. The van der Waals surface area contributed by atoms with Gasteiger partial charge in [-0.25, -0.2) is 9.97 Å². The lowest BCUT2D eigenvalue weighted by Gasteiger charge is -2.32. The minimum atomic E-state index is -0.539. The molecule has 1 aromatic heterocycles. The molecular formula is C11H16N4O2. The Morgan fingerprint density at radius 3 is 2.65 bits per heavy atom. The van der Waals surface area contributed by atoms with E-state index < -0.39 is 6.23 Å². The van der Waals surface area contributed by atoms with Crippen molar-refractivity contribution in [2.45, 2.75) is 6.23 Å². The molecule has 2 rings (SSSR count). The standard InChI is InChI=1S/C11H16N4O2/c1-17-11(15-4-2-12-3-5-15)10(16)9-6-13-8-14-7-9/h6-8,11-12H,2-5H2,1H3. The van der Waals surface area contributed by atoms with Crippen LogP contribution in [0.4, 0.5) is 0 Å². The second-order valence-corrected chi connectivity index (χ2v) is 3.87. The minimum Gasteiger partial charge on any atom is -0.359 e. The fraction of sp³-hybridized carbons (Fsp3) is 0.545. The summed E-state index contributed by atoms with van der Waals surface area (Å²) in [4.78, 5) is 21.9. The Morgan fingerprint density at radius 1 is 1.41 bits per heavy atom. The van der Waals surface area contributed by atoms with Crippen LogP contribution >= 0.6 is 0 Å². The zero-order valence-corrected chi connectivity index (χ0v) is 9.80. The monoisotopic (exact) mass is 236 g/mol. The summed E-state index contributed by atoms with van der Waals surface area (Å²) in [6, 6.07) is 0. The van der Waals surface area contributed by atoms with Crippen LogP contribution in [0.5, 0.6) is 0 Å². The van der Waals surface area contributed by atoms with Crippen molar-refractivity contribution in [3.8, 4) is 0 Å². The molecule has 0 aromatic carbocycles. The SMILES string of the molecule is COC(C(=O)c1cncnc1)N1CCNCC1.